The van der Waals surface area contributed by atoms with Crippen LogP contribution in [0.5, 0.6) is 0 Å². The van der Waals surface area contributed by atoms with Crippen LogP contribution in [0, 0.1) is 0 Å². The zero-order valence-corrected chi connectivity index (χ0v) is 11.4. The van der Waals surface area contributed by atoms with Gasteiger partial charge in [0.1, 0.15) is 0 Å². The lowest BCUT2D eigenvalue weighted by Gasteiger charge is -2.20. The van der Waals surface area contributed by atoms with Gasteiger partial charge in [-0.15, -0.1) is 0 Å². The molecule has 0 bridgehead atoms. The van der Waals surface area contributed by atoms with E-state index < -0.39 is 0 Å². The summed E-state index contributed by atoms with van der Waals surface area (Å²) < 4.78 is 0. The molecule has 1 aliphatic heterocycles. The highest BCUT2D eigenvalue weighted by atomic mass is 16.1. The number of benzene rings is 1. The van der Waals surface area contributed by atoms with Gasteiger partial charge in [0.25, 0.3) is 0 Å². The maximum absolute atomic E-state index is 12.3. The van der Waals surface area contributed by atoms with Crippen molar-refractivity contribution in [2.24, 2.45) is 0 Å². The van der Waals surface area contributed by atoms with Gasteiger partial charge in [0.15, 0.2) is 5.78 Å². The lowest BCUT2D eigenvalue weighted by molar-refractivity contribution is 0.0946. The fraction of sp³-hybridized carbons (Fsp3) is 0.533. The van der Waals surface area contributed by atoms with Crippen LogP contribution in [0.15, 0.2) is 18.2 Å². The first-order chi connectivity index (χ1) is 8.58. The van der Waals surface area contributed by atoms with E-state index in [9.17, 15) is 4.79 Å². The number of aryl methyl sites for hydroxylation is 1. The summed E-state index contributed by atoms with van der Waals surface area (Å²) in [6.07, 6.45) is 2.21. The molecule has 3 heteroatoms. The van der Waals surface area contributed by atoms with Crippen LogP contribution in [0.4, 0.5) is 5.69 Å². The first-order valence-electron chi connectivity index (χ1n) is 6.75. The van der Waals surface area contributed by atoms with E-state index in [1.54, 1.807) is 0 Å². The standard InChI is InChI=1S/C15H22N2O/c1-10(2)17-11(3)15(18)13-6-7-14-12(9-13)5-4-8-16-14/h6-7,9-11,16-17H,4-5,8H2,1-3H3. The molecule has 0 radical (unpaired) electrons. The number of Topliss-reactive ketones (excluding diaryl/α,β-unsaturated/α-hetero) is 1. The third-order valence-corrected chi connectivity index (χ3v) is 3.30. The van der Waals surface area contributed by atoms with Crippen molar-refractivity contribution in [1.29, 1.82) is 0 Å². The Balaban J connectivity index is 2.15. The molecule has 1 aromatic rings. The van der Waals surface area contributed by atoms with Crippen molar-refractivity contribution in [2.75, 3.05) is 11.9 Å². The van der Waals surface area contributed by atoms with Gasteiger partial charge in [-0.25, -0.2) is 0 Å². The minimum atomic E-state index is -0.125. The maximum atomic E-state index is 12.3. The highest BCUT2D eigenvalue weighted by molar-refractivity contribution is 6.00. The molecular weight excluding hydrogens is 224 g/mol. The molecule has 1 aromatic carbocycles. The second kappa shape index (κ2) is 5.53. The summed E-state index contributed by atoms with van der Waals surface area (Å²) in [5.74, 6) is 0.178. The fourth-order valence-corrected chi connectivity index (χ4v) is 2.45. The lowest BCUT2D eigenvalue weighted by Crippen LogP contribution is -2.38. The quantitative estimate of drug-likeness (QED) is 0.802. The van der Waals surface area contributed by atoms with E-state index in [0.717, 1.165) is 24.9 Å². The molecule has 1 unspecified atom stereocenters. The fourth-order valence-electron chi connectivity index (χ4n) is 2.45. The van der Waals surface area contributed by atoms with E-state index in [1.165, 1.54) is 11.3 Å². The normalized spacial score (nSPS) is 16.0. The topological polar surface area (TPSA) is 41.1 Å². The molecule has 0 spiro atoms. The number of anilines is 1. The van der Waals surface area contributed by atoms with E-state index in [1.807, 2.05) is 25.1 Å². The lowest BCUT2D eigenvalue weighted by atomic mass is 9.97. The average molecular weight is 246 g/mol. The third-order valence-electron chi connectivity index (χ3n) is 3.30. The number of carbonyl (C=O) groups excluding carboxylic acids is 1. The SMILES string of the molecule is CC(C)NC(C)C(=O)c1ccc2c(c1)CCCN2. The molecule has 0 aromatic heterocycles. The van der Waals surface area contributed by atoms with Crippen LogP contribution >= 0.6 is 0 Å². The number of fused-ring (bicyclic) bond motifs is 1. The van der Waals surface area contributed by atoms with Crippen molar-refractivity contribution in [3.8, 4) is 0 Å². The van der Waals surface area contributed by atoms with Crippen molar-refractivity contribution in [3.05, 3.63) is 29.3 Å². The molecular formula is C15H22N2O. The zero-order chi connectivity index (χ0) is 13.1. The molecule has 2 rings (SSSR count). The largest absolute Gasteiger partial charge is 0.385 e. The second-order valence-electron chi connectivity index (χ2n) is 5.31. The van der Waals surface area contributed by atoms with Crippen LogP contribution in [-0.4, -0.2) is 24.4 Å². The zero-order valence-electron chi connectivity index (χ0n) is 11.4. The van der Waals surface area contributed by atoms with Crippen molar-refractivity contribution in [2.45, 2.75) is 45.7 Å². The molecule has 18 heavy (non-hydrogen) atoms. The van der Waals surface area contributed by atoms with Gasteiger partial charge in [0, 0.05) is 23.8 Å². The van der Waals surface area contributed by atoms with Gasteiger partial charge in [-0.1, -0.05) is 13.8 Å². The van der Waals surface area contributed by atoms with Gasteiger partial charge >= 0.3 is 0 Å². The Morgan fingerprint density at radius 2 is 2.11 bits per heavy atom. The molecule has 1 aliphatic rings. The Hall–Kier alpha value is -1.35. The predicted molar refractivity (Wildman–Crippen MR) is 75.3 cm³/mol. The van der Waals surface area contributed by atoms with Crippen LogP contribution < -0.4 is 10.6 Å². The Morgan fingerprint density at radius 3 is 2.83 bits per heavy atom. The number of ketones is 1. The minimum absolute atomic E-state index is 0.125. The van der Waals surface area contributed by atoms with E-state index in [4.69, 9.17) is 0 Å². The summed E-state index contributed by atoms with van der Waals surface area (Å²) in [5.41, 5.74) is 3.27. The van der Waals surface area contributed by atoms with Crippen molar-refractivity contribution >= 4 is 11.5 Å². The van der Waals surface area contributed by atoms with Crippen LogP contribution in [0.3, 0.4) is 0 Å². The van der Waals surface area contributed by atoms with Crippen LogP contribution in [-0.2, 0) is 6.42 Å². The van der Waals surface area contributed by atoms with E-state index in [-0.39, 0.29) is 11.8 Å². The summed E-state index contributed by atoms with van der Waals surface area (Å²) in [6.45, 7) is 7.08. The number of hydrogen-bond donors (Lipinski definition) is 2. The second-order valence-corrected chi connectivity index (χ2v) is 5.31. The molecule has 0 aliphatic carbocycles. The number of hydrogen-bond acceptors (Lipinski definition) is 3. The Bertz CT molecular complexity index is 440. The van der Waals surface area contributed by atoms with Crippen molar-refractivity contribution < 1.29 is 4.79 Å². The summed E-state index contributed by atoms with van der Waals surface area (Å²) in [4.78, 5) is 12.3. The van der Waals surface area contributed by atoms with Crippen molar-refractivity contribution in [3.63, 3.8) is 0 Å². The maximum Gasteiger partial charge on any atom is 0.179 e. The monoisotopic (exact) mass is 246 g/mol. The molecule has 0 saturated carbocycles. The highest BCUT2D eigenvalue weighted by Gasteiger charge is 2.17. The van der Waals surface area contributed by atoms with Crippen LogP contribution in [0.25, 0.3) is 0 Å². The summed E-state index contributed by atoms with van der Waals surface area (Å²) >= 11 is 0. The average Bonchev–Trinajstić information content (AvgIpc) is 2.36. The summed E-state index contributed by atoms with van der Waals surface area (Å²) in [5, 5.41) is 6.62. The van der Waals surface area contributed by atoms with Gasteiger partial charge < -0.3 is 10.6 Å². The Kier molecular flexibility index (Phi) is 4.02. The van der Waals surface area contributed by atoms with Crippen molar-refractivity contribution in [1.82, 2.24) is 5.32 Å². The van der Waals surface area contributed by atoms with Crippen LogP contribution in [0.1, 0.15) is 43.1 Å². The molecule has 1 atom stereocenters. The number of rotatable bonds is 4. The molecule has 2 N–H and O–H groups in total. The third kappa shape index (κ3) is 2.91. The van der Waals surface area contributed by atoms with E-state index in [2.05, 4.69) is 24.5 Å². The Morgan fingerprint density at radius 1 is 1.33 bits per heavy atom. The van der Waals surface area contributed by atoms with Gasteiger partial charge in [0.2, 0.25) is 0 Å². The van der Waals surface area contributed by atoms with E-state index in [0.29, 0.717) is 6.04 Å². The molecule has 0 saturated heterocycles. The van der Waals surface area contributed by atoms with Gasteiger partial charge in [-0.05, 0) is 43.5 Å². The van der Waals surface area contributed by atoms with Crippen LogP contribution in [0.2, 0.25) is 0 Å². The molecule has 0 amide bonds. The first-order valence-corrected chi connectivity index (χ1v) is 6.75. The number of nitrogens with one attached hydrogen (secondary N) is 2. The smallest absolute Gasteiger partial charge is 0.179 e. The van der Waals surface area contributed by atoms with E-state index >= 15 is 0 Å². The Labute approximate surface area is 109 Å². The highest BCUT2D eigenvalue weighted by Crippen LogP contribution is 2.23. The molecule has 0 fully saturated rings. The predicted octanol–water partition coefficient (Wildman–Crippen LogP) is 2.61. The summed E-state index contributed by atoms with van der Waals surface area (Å²) in [6, 6.07) is 6.20. The summed E-state index contributed by atoms with van der Waals surface area (Å²) in [7, 11) is 0. The van der Waals surface area contributed by atoms with Gasteiger partial charge in [-0.3, -0.25) is 4.79 Å². The molecule has 98 valence electrons. The molecule has 3 nitrogen and oxygen atoms in total. The molecule has 1 heterocycles. The van der Waals surface area contributed by atoms with Gasteiger partial charge in [0.05, 0.1) is 6.04 Å². The minimum Gasteiger partial charge on any atom is -0.385 e. The first kappa shape index (κ1) is 13.1. The number of carbonyl (C=O) groups is 1. The van der Waals surface area contributed by atoms with Gasteiger partial charge in [-0.2, -0.15) is 0 Å².